The van der Waals surface area contributed by atoms with Crippen molar-refractivity contribution in [2.24, 2.45) is 5.92 Å². The van der Waals surface area contributed by atoms with E-state index < -0.39 is 17.7 Å². The maximum atomic E-state index is 14.1. The zero-order valence-electron chi connectivity index (χ0n) is 11.0. The lowest BCUT2D eigenvalue weighted by Crippen LogP contribution is -2.21. The number of carbonyl (C=O) groups excluding carboxylic acids is 1. The van der Waals surface area contributed by atoms with Crippen LogP contribution in [-0.4, -0.2) is 30.6 Å². The highest BCUT2D eigenvalue weighted by molar-refractivity contribution is 6.01. The second kappa shape index (κ2) is 4.56. The van der Waals surface area contributed by atoms with Crippen LogP contribution in [0.15, 0.2) is 12.1 Å². The molecule has 0 saturated carbocycles. The number of benzene rings is 1. The van der Waals surface area contributed by atoms with Crippen molar-refractivity contribution < 1.29 is 19.1 Å². The summed E-state index contributed by atoms with van der Waals surface area (Å²) in [4.78, 5) is 23.9. The summed E-state index contributed by atoms with van der Waals surface area (Å²) in [6.45, 7) is 0.386. The van der Waals surface area contributed by atoms with Crippen molar-refractivity contribution in [3.05, 3.63) is 29.1 Å². The second-order valence-electron chi connectivity index (χ2n) is 5.37. The number of hydrogen-bond donors (Lipinski definition) is 2. The number of nitrogens with one attached hydrogen (secondary N) is 1. The molecule has 1 fully saturated rings. The average Bonchev–Trinajstić information content (AvgIpc) is 2.96. The number of fused-ring (bicyclic) bond motifs is 1. The third kappa shape index (κ3) is 1.96. The van der Waals surface area contributed by atoms with Gasteiger partial charge >= 0.3 is 5.97 Å². The quantitative estimate of drug-likeness (QED) is 0.849. The number of hydrogen-bond acceptors (Lipinski definition) is 3. The molecule has 20 heavy (non-hydrogen) atoms. The number of anilines is 1. The third-order valence-electron chi connectivity index (χ3n) is 4.10. The standard InChI is InChI=1S/C14H15FN2O3/c1-17-12(18)5-8-2-7(3-10(15)13(8)17)11-4-9(6-16-11)14(19)20/h2-3,9,11,16H,4-6H2,1H3,(H,19,20). The van der Waals surface area contributed by atoms with Crippen molar-refractivity contribution in [1.29, 1.82) is 0 Å². The summed E-state index contributed by atoms with van der Waals surface area (Å²) >= 11 is 0. The van der Waals surface area contributed by atoms with Crippen LogP contribution in [0.4, 0.5) is 10.1 Å². The van der Waals surface area contributed by atoms with Gasteiger partial charge in [0.15, 0.2) is 0 Å². The van der Waals surface area contributed by atoms with Crippen LogP contribution < -0.4 is 10.2 Å². The summed E-state index contributed by atoms with van der Waals surface area (Å²) in [6, 6.07) is 3.04. The lowest BCUT2D eigenvalue weighted by Gasteiger charge is -2.15. The number of carboxylic acids is 1. The van der Waals surface area contributed by atoms with Gasteiger partial charge in [-0.05, 0) is 23.6 Å². The van der Waals surface area contributed by atoms with Crippen LogP contribution in [0.2, 0.25) is 0 Å². The second-order valence-corrected chi connectivity index (χ2v) is 5.37. The van der Waals surface area contributed by atoms with E-state index in [0.717, 1.165) is 0 Å². The summed E-state index contributed by atoms with van der Waals surface area (Å²) in [5, 5.41) is 12.1. The number of halogens is 1. The number of rotatable bonds is 2. The molecule has 2 heterocycles. The Morgan fingerprint density at radius 3 is 2.90 bits per heavy atom. The molecule has 1 amide bonds. The van der Waals surface area contributed by atoms with Gasteiger partial charge in [0.2, 0.25) is 5.91 Å². The minimum atomic E-state index is -0.837. The summed E-state index contributed by atoms with van der Waals surface area (Å²) in [7, 11) is 1.56. The van der Waals surface area contributed by atoms with Gasteiger partial charge < -0.3 is 15.3 Å². The zero-order chi connectivity index (χ0) is 14.4. The molecule has 5 nitrogen and oxygen atoms in total. The molecule has 2 atom stereocenters. The third-order valence-corrected chi connectivity index (χ3v) is 4.10. The average molecular weight is 278 g/mol. The van der Waals surface area contributed by atoms with E-state index in [1.807, 2.05) is 6.07 Å². The van der Waals surface area contributed by atoms with Gasteiger partial charge in [-0.15, -0.1) is 0 Å². The first-order valence-electron chi connectivity index (χ1n) is 6.52. The molecule has 6 heteroatoms. The normalized spacial score (nSPS) is 25.1. The summed E-state index contributed by atoms with van der Waals surface area (Å²) in [5.41, 5.74) is 1.73. The van der Waals surface area contributed by atoms with E-state index in [-0.39, 0.29) is 18.4 Å². The Balaban J connectivity index is 1.91. The van der Waals surface area contributed by atoms with E-state index in [0.29, 0.717) is 29.8 Å². The number of nitrogens with zero attached hydrogens (tertiary/aromatic N) is 1. The van der Waals surface area contributed by atoms with Crippen LogP contribution in [0.3, 0.4) is 0 Å². The molecule has 2 aliphatic heterocycles. The van der Waals surface area contributed by atoms with Gasteiger partial charge in [-0.25, -0.2) is 4.39 Å². The SMILES string of the molecule is CN1C(=O)Cc2cc(C3CC(C(=O)O)CN3)cc(F)c21. The highest BCUT2D eigenvalue weighted by Gasteiger charge is 2.33. The van der Waals surface area contributed by atoms with Gasteiger partial charge in [0.1, 0.15) is 5.82 Å². The summed E-state index contributed by atoms with van der Waals surface area (Å²) < 4.78 is 14.1. The molecule has 0 spiro atoms. The van der Waals surface area contributed by atoms with Crippen molar-refractivity contribution in [3.8, 4) is 0 Å². The Morgan fingerprint density at radius 2 is 2.25 bits per heavy atom. The predicted octanol–water partition coefficient (Wildman–Crippen LogP) is 1.08. The van der Waals surface area contributed by atoms with Crippen molar-refractivity contribution in [3.63, 3.8) is 0 Å². The Labute approximate surface area is 115 Å². The van der Waals surface area contributed by atoms with Crippen LogP contribution in [-0.2, 0) is 16.0 Å². The van der Waals surface area contributed by atoms with Crippen LogP contribution in [0, 0.1) is 11.7 Å². The lowest BCUT2D eigenvalue weighted by molar-refractivity contribution is -0.141. The molecule has 2 aliphatic rings. The number of amides is 1. The maximum absolute atomic E-state index is 14.1. The first-order valence-corrected chi connectivity index (χ1v) is 6.52. The fourth-order valence-corrected chi connectivity index (χ4v) is 2.97. The number of carbonyl (C=O) groups is 2. The molecule has 0 aromatic heterocycles. The molecule has 106 valence electrons. The van der Waals surface area contributed by atoms with E-state index in [9.17, 15) is 14.0 Å². The monoisotopic (exact) mass is 278 g/mol. The Hall–Kier alpha value is -1.95. The van der Waals surface area contributed by atoms with E-state index in [1.54, 1.807) is 7.05 Å². The maximum Gasteiger partial charge on any atom is 0.307 e. The van der Waals surface area contributed by atoms with Crippen LogP contribution in [0.5, 0.6) is 0 Å². The predicted molar refractivity (Wildman–Crippen MR) is 70.0 cm³/mol. The van der Waals surface area contributed by atoms with Crippen LogP contribution in [0.1, 0.15) is 23.6 Å². The molecule has 1 saturated heterocycles. The number of aliphatic carboxylic acids is 1. The number of likely N-dealkylation sites (N-methyl/N-ethyl adjacent to an activating group) is 1. The van der Waals surface area contributed by atoms with Crippen LogP contribution in [0.25, 0.3) is 0 Å². The molecule has 1 aromatic carbocycles. The highest BCUT2D eigenvalue weighted by Crippen LogP contribution is 2.35. The highest BCUT2D eigenvalue weighted by atomic mass is 19.1. The Kier molecular flexibility index (Phi) is 2.97. The smallest absolute Gasteiger partial charge is 0.307 e. The largest absolute Gasteiger partial charge is 0.481 e. The van der Waals surface area contributed by atoms with Gasteiger partial charge in [0.05, 0.1) is 18.0 Å². The fraction of sp³-hybridized carbons (Fsp3) is 0.429. The van der Waals surface area contributed by atoms with Gasteiger partial charge in [0.25, 0.3) is 0 Å². The topological polar surface area (TPSA) is 69.6 Å². The van der Waals surface area contributed by atoms with Crippen molar-refractivity contribution in [1.82, 2.24) is 5.32 Å². The van der Waals surface area contributed by atoms with E-state index in [1.165, 1.54) is 11.0 Å². The Morgan fingerprint density at radius 1 is 1.50 bits per heavy atom. The van der Waals surface area contributed by atoms with Crippen molar-refractivity contribution >= 4 is 17.6 Å². The molecule has 2 N–H and O–H groups in total. The number of carboxylic acid groups (broad SMARTS) is 1. The minimum absolute atomic E-state index is 0.126. The Bertz CT molecular complexity index is 602. The van der Waals surface area contributed by atoms with Gasteiger partial charge in [-0.3, -0.25) is 9.59 Å². The zero-order valence-corrected chi connectivity index (χ0v) is 11.0. The summed E-state index contributed by atoms with van der Waals surface area (Å²) in [6.07, 6.45) is 0.642. The molecule has 0 radical (unpaired) electrons. The van der Waals surface area contributed by atoms with Gasteiger partial charge in [-0.1, -0.05) is 6.07 Å². The molecule has 2 unspecified atom stereocenters. The molecule has 3 rings (SSSR count). The molecule has 0 aliphatic carbocycles. The lowest BCUT2D eigenvalue weighted by atomic mass is 9.97. The minimum Gasteiger partial charge on any atom is -0.481 e. The fourth-order valence-electron chi connectivity index (χ4n) is 2.97. The molecule has 0 bridgehead atoms. The van der Waals surface area contributed by atoms with E-state index in [2.05, 4.69) is 5.32 Å². The van der Waals surface area contributed by atoms with E-state index >= 15 is 0 Å². The first-order chi connectivity index (χ1) is 9.47. The molecular weight excluding hydrogens is 263 g/mol. The summed E-state index contributed by atoms with van der Waals surface area (Å²) in [5.74, 6) is -1.83. The van der Waals surface area contributed by atoms with Gasteiger partial charge in [0, 0.05) is 19.6 Å². The van der Waals surface area contributed by atoms with Crippen LogP contribution >= 0.6 is 0 Å². The van der Waals surface area contributed by atoms with Crippen molar-refractivity contribution in [2.75, 3.05) is 18.5 Å². The molecular formula is C14H15FN2O3. The molecule has 1 aromatic rings. The van der Waals surface area contributed by atoms with Crippen molar-refractivity contribution in [2.45, 2.75) is 18.9 Å². The van der Waals surface area contributed by atoms with Gasteiger partial charge in [-0.2, -0.15) is 0 Å². The van der Waals surface area contributed by atoms with E-state index in [4.69, 9.17) is 5.11 Å². The first kappa shape index (κ1) is 13.1.